The first kappa shape index (κ1) is 23.9. The maximum absolute atomic E-state index is 13.7. The lowest BCUT2D eigenvalue weighted by Gasteiger charge is -2.49. The number of aliphatic imine (C=N–C) groups is 1. The zero-order valence-electron chi connectivity index (χ0n) is 21.2. The predicted molar refractivity (Wildman–Crippen MR) is 139 cm³/mol. The van der Waals surface area contributed by atoms with Crippen molar-refractivity contribution in [2.24, 2.45) is 28.2 Å². The molecule has 2 nitrogen and oxygen atoms in total. The molecule has 176 valence electrons. The zero-order chi connectivity index (χ0) is 23.6. The van der Waals surface area contributed by atoms with Crippen LogP contribution in [0.5, 0.6) is 0 Å². The van der Waals surface area contributed by atoms with Crippen LogP contribution in [0.15, 0.2) is 59.6 Å². The predicted octanol–water partition coefficient (Wildman–Crippen LogP) is 7.42. The van der Waals surface area contributed by atoms with E-state index in [0.717, 1.165) is 43.7 Å². The van der Waals surface area contributed by atoms with Crippen molar-refractivity contribution in [2.75, 3.05) is 0 Å². The van der Waals surface area contributed by atoms with Crippen LogP contribution in [0.3, 0.4) is 0 Å². The highest BCUT2D eigenvalue weighted by Crippen LogP contribution is 2.50. The Labute approximate surface area is 200 Å². The molecule has 2 aliphatic rings. The number of hydrogen-bond donors (Lipinski definition) is 0. The maximum Gasteiger partial charge on any atom is 0.180 e. The Hall–Kier alpha value is -2.22. The highest BCUT2D eigenvalue weighted by Gasteiger charge is 2.49. The first-order chi connectivity index (χ1) is 15.7. The van der Waals surface area contributed by atoms with Crippen LogP contribution in [0.2, 0.25) is 0 Å². The van der Waals surface area contributed by atoms with Gasteiger partial charge in [0.05, 0.1) is 11.3 Å². The van der Waals surface area contributed by atoms with Crippen LogP contribution >= 0.6 is 0 Å². The first-order valence-corrected chi connectivity index (χ1v) is 12.9. The van der Waals surface area contributed by atoms with Gasteiger partial charge in [-0.15, -0.1) is 0 Å². The second kappa shape index (κ2) is 9.57. The summed E-state index contributed by atoms with van der Waals surface area (Å²) in [6, 6.07) is 19.3. The van der Waals surface area contributed by atoms with Gasteiger partial charge in [-0.25, -0.2) is 0 Å². The zero-order valence-corrected chi connectivity index (χ0v) is 21.2. The molecule has 2 atom stereocenters. The van der Waals surface area contributed by atoms with Gasteiger partial charge in [-0.2, -0.15) is 0 Å². The number of carbonyl (C=O) groups excluding carboxylic acids is 1. The van der Waals surface area contributed by atoms with E-state index in [-0.39, 0.29) is 17.4 Å². The third-order valence-corrected chi connectivity index (χ3v) is 8.58. The van der Waals surface area contributed by atoms with Gasteiger partial charge in [0, 0.05) is 5.92 Å². The number of hydrogen-bond acceptors (Lipinski definition) is 2. The van der Waals surface area contributed by atoms with E-state index in [0.29, 0.717) is 11.2 Å². The molecular weight excluding hydrogens is 402 g/mol. The number of rotatable bonds is 5. The minimum absolute atomic E-state index is 0.0298. The summed E-state index contributed by atoms with van der Waals surface area (Å²) in [7, 11) is 0. The fourth-order valence-corrected chi connectivity index (χ4v) is 6.13. The molecule has 1 aliphatic carbocycles. The van der Waals surface area contributed by atoms with Gasteiger partial charge >= 0.3 is 0 Å². The van der Waals surface area contributed by atoms with Gasteiger partial charge in [-0.05, 0) is 80.2 Å². The van der Waals surface area contributed by atoms with Gasteiger partial charge in [0.1, 0.15) is 0 Å². The fourth-order valence-electron chi connectivity index (χ4n) is 6.13. The number of ketones is 1. The molecule has 1 heterocycles. The van der Waals surface area contributed by atoms with Crippen molar-refractivity contribution in [2.45, 2.75) is 85.1 Å². The van der Waals surface area contributed by atoms with Crippen LogP contribution in [0, 0.1) is 30.1 Å². The molecule has 1 spiro atoms. The van der Waals surface area contributed by atoms with Crippen LogP contribution < -0.4 is 0 Å². The molecule has 2 heteroatoms. The Morgan fingerprint density at radius 3 is 2.15 bits per heavy atom. The topological polar surface area (TPSA) is 29.4 Å². The van der Waals surface area contributed by atoms with E-state index in [1.807, 2.05) is 0 Å². The molecule has 4 rings (SSSR count). The maximum atomic E-state index is 13.7. The summed E-state index contributed by atoms with van der Waals surface area (Å²) < 4.78 is 0. The lowest BCUT2D eigenvalue weighted by Crippen LogP contribution is -2.51. The molecule has 0 saturated heterocycles. The van der Waals surface area contributed by atoms with Gasteiger partial charge in [-0.3, -0.25) is 9.79 Å². The molecule has 33 heavy (non-hydrogen) atoms. The summed E-state index contributed by atoms with van der Waals surface area (Å²) in [5.74, 6) is 1.35. The molecule has 0 amide bonds. The molecule has 1 fully saturated rings. The lowest BCUT2D eigenvalue weighted by atomic mass is 9.60. The van der Waals surface area contributed by atoms with Crippen LogP contribution in [0.4, 0.5) is 0 Å². The van der Waals surface area contributed by atoms with Crippen molar-refractivity contribution in [3.63, 3.8) is 0 Å². The number of benzene rings is 2. The quantitative estimate of drug-likeness (QED) is 0.473. The summed E-state index contributed by atoms with van der Waals surface area (Å²) in [5.41, 5.74) is 4.95. The van der Waals surface area contributed by atoms with Crippen molar-refractivity contribution >= 4 is 11.5 Å². The minimum Gasteiger partial charge on any atom is -0.293 e. The minimum atomic E-state index is -0.0724. The number of nitrogens with zero attached hydrogens (tertiary/aromatic N) is 1. The molecule has 0 N–H and O–H groups in total. The van der Waals surface area contributed by atoms with Gasteiger partial charge in [0.2, 0.25) is 0 Å². The summed E-state index contributed by atoms with van der Waals surface area (Å²) in [6.07, 6.45) is 7.13. The van der Waals surface area contributed by atoms with Crippen LogP contribution in [-0.2, 0) is 17.6 Å². The third-order valence-electron chi connectivity index (χ3n) is 8.58. The van der Waals surface area contributed by atoms with Crippen molar-refractivity contribution in [1.29, 1.82) is 0 Å². The van der Waals surface area contributed by atoms with Crippen molar-refractivity contribution in [1.82, 2.24) is 0 Å². The summed E-state index contributed by atoms with van der Waals surface area (Å²) in [5, 5.41) is 0. The summed E-state index contributed by atoms with van der Waals surface area (Å²) in [6.45, 7) is 11.6. The third kappa shape index (κ3) is 5.31. The van der Waals surface area contributed by atoms with Gasteiger partial charge < -0.3 is 0 Å². The number of carbonyl (C=O) groups is 1. The normalized spacial score (nSPS) is 28.1. The van der Waals surface area contributed by atoms with E-state index in [2.05, 4.69) is 89.2 Å². The molecule has 2 unspecified atom stereocenters. The van der Waals surface area contributed by atoms with Gasteiger partial charge in [0.15, 0.2) is 5.78 Å². The van der Waals surface area contributed by atoms with E-state index in [4.69, 9.17) is 4.99 Å². The highest BCUT2D eigenvalue weighted by atomic mass is 16.1. The summed E-state index contributed by atoms with van der Waals surface area (Å²) in [4.78, 5) is 19.1. The Morgan fingerprint density at radius 2 is 1.55 bits per heavy atom. The second-order valence-electron chi connectivity index (χ2n) is 11.7. The van der Waals surface area contributed by atoms with Crippen molar-refractivity contribution in [3.05, 3.63) is 71.3 Å². The lowest BCUT2D eigenvalue weighted by molar-refractivity contribution is -0.120. The first-order valence-electron chi connectivity index (χ1n) is 12.9. The Kier molecular flexibility index (Phi) is 6.93. The number of aryl methyl sites for hydroxylation is 2. The molecule has 2 aromatic rings. The van der Waals surface area contributed by atoms with Crippen molar-refractivity contribution < 1.29 is 4.79 Å². The van der Waals surface area contributed by atoms with Gasteiger partial charge in [0.25, 0.3) is 0 Å². The Balaban J connectivity index is 1.61. The van der Waals surface area contributed by atoms with E-state index in [9.17, 15) is 4.79 Å². The van der Waals surface area contributed by atoms with E-state index in [1.165, 1.54) is 29.5 Å². The van der Waals surface area contributed by atoms with Crippen LogP contribution in [-0.4, -0.2) is 17.0 Å². The van der Waals surface area contributed by atoms with E-state index in [1.54, 1.807) is 0 Å². The Bertz CT molecular complexity index is 972. The van der Waals surface area contributed by atoms with E-state index < -0.39 is 0 Å². The summed E-state index contributed by atoms with van der Waals surface area (Å²) >= 11 is 0. The molecule has 0 radical (unpaired) electrons. The monoisotopic (exact) mass is 443 g/mol. The average Bonchev–Trinajstić information content (AvgIpc) is 2.80. The van der Waals surface area contributed by atoms with Gasteiger partial charge in [-0.1, -0.05) is 87.9 Å². The van der Waals surface area contributed by atoms with Crippen molar-refractivity contribution in [3.8, 4) is 0 Å². The smallest absolute Gasteiger partial charge is 0.180 e. The average molecular weight is 444 g/mol. The molecule has 0 bridgehead atoms. The van der Waals surface area contributed by atoms with Crippen LogP contribution in [0.1, 0.15) is 76.5 Å². The Morgan fingerprint density at radius 1 is 0.909 bits per heavy atom. The highest BCUT2D eigenvalue weighted by molar-refractivity contribution is 6.41. The second-order valence-corrected chi connectivity index (χ2v) is 11.7. The molecular formula is C31H41NO. The van der Waals surface area contributed by atoms with E-state index >= 15 is 0 Å². The fraction of sp³-hybridized carbons (Fsp3) is 0.548. The standard InChI is InChI=1S/C31H41NO/c1-22-11-13-25(14-12-22)21-27-23(2)31(19-17-26(18-20-31)30(3,4)5)32-28(29(27)33)16-15-24-9-7-6-8-10-24/h6-14,23,26-27H,15-21H2,1-5H3. The number of Topliss-reactive ketones (excluding diaryl/α,β-unsaturated/α-hetero) is 1. The van der Waals surface area contributed by atoms with Crippen LogP contribution in [0.25, 0.3) is 0 Å². The molecule has 1 saturated carbocycles. The molecule has 2 aromatic carbocycles. The largest absolute Gasteiger partial charge is 0.293 e. The SMILES string of the molecule is Cc1ccc(CC2C(=O)C(CCc3ccccc3)=NC3(CCC(C(C)(C)C)CC3)C2C)cc1. The molecule has 0 aromatic heterocycles. The molecule has 1 aliphatic heterocycles.